The topological polar surface area (TPSA) is 20.2 Å². The molecule has 3 rings (SSSR count). The molecule has 31 heavy (non-hydrogen) atoms. The minimum atomic E-state index is -0.225. The van der Waals surface area contributed by atoms with Crippen molar-refractivity contribution in [3.63, 3.8) is 0 Å². The summed E-state index contributed by atoms with van der Waals surface area (Å²) in [5, 5.41) is 10.2. The second kappa shape index (κ2) is 9.64. The molecule has 3 heteroatoms. The van der Waals surface area contributed by atoms with E-state index in [4.69, 9.17) is 0 Å². The Morgan fingerprint density at radius 3 is 2.06 bits per heavy atom. The second-order valence-corrected chi connectivity index (χ2v) is 8.63. The number of benzene rings is 3. The molecule has 0 amide bonds. The van der Waals surface area contributed by atoms with Crippen molar-refractivity contribution < 1.29 is 13.9 Å². The first-order valence-corrected chi connectivity index (χ1v) is 11.1. The van der Waals surface area contributed by atoms with E-state index in [1.165, 1.54) is 6.07 Å². The lowest BCUT2D eigenvalue weighted by molar-refractivity contribution is 0.472. The molecule has 0 aliphatic heterocycles. The minimum absolute atomic E-state index is 0.0359. The Hall–Kier alpha value is -2.68. The molecule has 0 bridgehead atoms. The maximum atomic E-state index is 14.6. The average molecular weight is 423 g/mol. The van der Waals surface area contributed by atoms with Crippen LogP contribution in [0.25, 0.3) is 0 Å². The fourth-order valence-electron chi connectivity index (χ4n) is 4.49. The van der Waals surface area contributed by atoms with E-state index in [0.717, 1.165) is 35.1 Å². The maximum Gasteiger partial charge on any atom is 0.126 e. The number of hydrogen-bond acceptors (Lipinski definition) is 1. The highest BCUT2D eigenvalue weighted by Crippen LogP contribution is 2.45. The molecule has 0 saturated heterocycles. The molecule has 0 radical (unpaired) electrons. The van der Waals surface area contributed by atoms with Gasteiger partial charge in [-0.05, 0) is 96.2 Å². The van der Waals surface area contributed by atoms with Gasteiger partial charge in [-0.1, -0.05) is 51.1 Å². The average Bonchev–Trinajstić information content (AvgIpc) is 2.76. The molecule has 3 unspecified atom stereocenters. The molecule has 164 valence electrons. The van der Waals surface area contributed by atoms with Gasteiger partial charge in [-0.3, -0.25) is 0 Å². The molecule has 0 aromatic heterocycles. The summed E-state index contributed by atoms with van der Waals surface area (Å²) in [7, 11) is 0. The van der Waals surface area contributed by atoms with Crippen LogP contribution in [-0.4, -0.2) is 5.11 Å². The zero-order valence-corrected chi connectivity index (χ0v) is 19.0. The van der Waals surface area contributed by atoms with Gasteiger partial charge in [-0.15, -0.1) is 0 Å². The third-order valence-corrected chi connectivity index (χ3v) is 6.56. The predicted octanol–water partition coefficient (Wildman–Crippen LogP) is 8.13. The van der Waals surface area contributed by atoms with Crippen molar-refractivity contribution in [1.29, 1.82) is 0 Å². The molecule has 0 aliphatic rings. The normalized spacial score (nSPS) is 14.3. The van der Waals surface area contributed by atoms with Gasteiger partial charge in [-0.25, -0.2) is 8.78 Å². The van der Waals surface area contributed by atoms with Gasteiger partial charge in [-0.2, -0.15) is 0 Å². The zero-order chi connectivity index (χ0) is 22.7. The molecule has 3 atom stereocenters. The molecular weight excluding hydrogens is 390 g/mol. The van der Waals surface area contributed by atoms with Crippen LogP contribution in [0.3, 0.4) is 0 Å². The van der Waals surface area contributed by atoms with E-state index in [1.54, 1.807) is 26.0 Å². The van der Waals surface area contributed by atoms with Crippen LogP contribution in [0.1, 0.15) is 84.7 Å². The lowest BCUT2D eigenvalue weighted by atomic mass is 9.72. The van der Waals surface area contributed by atoms with Gasteiger partial charge >= 0.3 is 0 Å². The fourth-order valence-corrected chi connectivity index (χ4v) is 4.49. The van der Waals surface area contributed by atoms with Crippen LogP contribution in [0.4, 0.5) is 8.78 Å². The number of phenolic OH excluding ortho intramolecular Hbond substituents is 1. The van der Waals surface area contributed by atoms with Crippen LogP contribution >= 0.6 is 0 Å². The highest BCUT2D eigenvalue weighted by molar-refractivity contribution is 5.47. The quantitative estimate of drug-likeness (QED) is 0.407. The van der Waals surface area contributed by atoms with Crippen molar-refractivity contribution in [3.05, 3.63) is 99.6 Å². The van der Waals surface area contributed by atoms with E-state index in [2.05, 4.69) is 20.8 Å². The smallest absolute Gasteiger partial charge is 0.126 e. The summed E-state index contributed by atoms with van der Waals surface area (Å²) in [5.74, 6) is -0.0489. The Balaban J connectivity index is 2.27. The molecular formula is C28H32F2O. The van der Waals surface area contributed by atoms with Gasteiger partial charge in [0.25, 0.3) is 0 Å². The molecule has 3 aromatic rings. The van der Waals surface area contributed by atoms with Crippen LogP contribution in [0.2, 0.25) is 0 Å². The molecule has 0 aliphatic carbocycles. The highest BCUT2D eigenvalue weighted by atomic mass is 19.1. The van der Waals surface area contributed by atoms with Crippen molar-refractivity contribution in [2.45, 2.75) is 65.2 Å². The van der Waals surface area contributed by atoms with E-state index in [9.17, 15) is 13.9 Å². The summed E-state index contributed by atoms with van der Waals surface area (Å²) >= 11 is 0. The van der Waals surface area contributed by atoms with Crippen LogP contribution in [0, 0.1) is 25.5 Å². The van der Waals surface area contributed by atoms with Crippen LogP contribution in [-0.2, 0) is 0 Å². The number of aromatic hydroxyl groups is 1. The minimum Gasteiger partial charge on any atom is -0.508 e. The summed E-state index contributed by atoms with van der Waals surface area (Å²) in [4.78, 5) is 0. The standard InChI is InChI=1S/C28H32F2O/c1-6-17(3)25-16-22(31)11-12-24(25)28(21-9-8-18(4)27(30)15-21)23(7-2)20-10-13-26(29)19(5)14-20/h8-17,23,28,31H,6-7H2,1-5H3. The Bertz CT molecular complexity index is 1060. The van der Waals surface area contributed by atoms with E-state index in [0.29, 0.717) is 11.1 Å². The van der Waals surface area contributed by atoms with E-state index in [-0.39, 0.29) is 35.1 Å². The van der Waals surface area contributed by atoms with E-state index >= 15 is 0 Å². The molecule has 0 saturated carbocycles. The summed E-state index contributed by atoms with van der Waals surface area (Å²) < 4.78 is 28.6. The Morgan fingerprint density at radius 1 is 0.742 bits per heavy atom. The predicted molar refractivity (Wildman–Crippen MR) is 124 cm³/mol. The van der Waals surface area contributed by atoms with Crippen molar-refractivity contribution in [2.75, 3.05) is 0 Å². The van der Waals surface area contributed by atoms with Gasteiger partial charge in [0.05, 0.1) is 0 Å². The van der Waals surface area contributed by atoms with Crippen LogP contribution in [0.5, 0.6) is 5.75 Å². The summed E-state index contributed by atoms with van der Waals surface area (Å²) in [6.45, 7) is 9.93. The monoisotopic (exact) mass is 422 g/mol. The summed E-state index contributed by atoms with van der Waals surface area (Å²) in [5.41, 5.74) is 5.32. The van der Waals surface area contributed by atoms with Gasteiger partial charge in [0.1, 0.15) is 17.4 Å². The molecule has 1 nitrogen and oxygen atoms in total. The lowest BCUT2D eigenvalue weighted by Gasteiger charge is -2.31. The van der Waals surface area contributed by atoms with Crippen molar-refractivity contribution in [1.82, 2.24) is 0 Å². The molecule has 1 N–H and O–H groups in total. The summed E-state index contributed by atoms with van der Waals surface area (Å²) in [6.07, 6.45) is 1.74. The first-order chi connectivity index (χ1) is 14.8. The highest BCUT2D eigenvalue weighted by Gasteiger charge is 2.29. The van der Waals surface area contributed by atoms with Gasteiger partial charge in [0.15, 0.2) is 0 Å². The van der Waals surface area contributed by atoms with E-state index < -0.39 is 0 Å². The third-order valence-electron chi connectivity index (χ3n) is 6.56. The number of halogens is 2. The molecule has 3 aromatic carbocycles. The van der Waals surface area contributed by atoms with Gasteiger partial charge < -0.3 is 5.11 Å². The Labute approximate surface area is 184 Å². The van der Waals surface area contributed by atoms with Gasteiger partial charge in [0.2, 0.25) is 0 Å². The first-order valence-electron chi connectivity index (χ1n) is 11.1. The van der Waals surface area contributed by atoms with Crippen LogP contribution < -0.4 is 0 Å². The summed E-state index contributed by atoms with van der Waals surface area (Å²) in [6, 6.07) is 16.2. The van der Waals surface area contributed by atoms with Gasteiger partial charge in [0, 0.05) is 5.92 Å². The first kappa shape index (κ1) is 23.0. The number of rotatable bonds is 7. The third kappa shape index (κ3) is 4.81. The second-order valence-electron chi connectivity index (χ2n) is 8.63. The fraction of sp³-hybridized carbons (Fsp3) is 0.357. The van der Waals surface area contributed by atoms with Crippen LogP contribution in [0.15, 0.2) is 54.6 Å². The number of aryl methyl sites for hydroxylation is 2. The zero-order valence-electron chi connectivity index (χ0n) is 19.0. The number of phenols is 1. The largest absolute Gasteiger partial charge is 0.508 e. The Kier molecular flexibility index (Phi) is 7.15. The molecule has 0 spiro atoms. The number of hydrogen-bond donors (Lipinski definition) is 1. The maximum absolute atomic E-state index is 14.6. The molecule has 0 heterocycles. The molecule has 0 fully saturated rings. The van der Waals surface area contributed by atoms with Crippen molar-refractivity contribution >= 4 is 0 Å². The Morgan fingerprint density at radius 2 is 1.45 bits per heavy atom. The van der Waals surface area contributed by atoms with Crippen molar-refractivity contribution in [3.8, 4) is 5.75 Å². The SMILES string of the molecule is CCC(C)c1cc(O)ccc1C(c1ccc(C)c(F)c1)C(CC)c1ccc(F)c(C)c1. The van der Waals surface area contributed by atoms with Crippen molar-refractivity contribution in [2.24, 2.45) is 0 Å². The van der Waals surface area contributed by atoms with E-state index in [1.807, 2.05) is 36.4 Å². The lowest BCUT2D eigenvalue weighted by Crippen LogP contribution is -2.16.